The fourth-order valence-electron chi connectivity index (χ4n) is 8.30. The molecule has 4 rings (SSSR count). The molecule has 46 heavy (non-hydrogen) atoms. The molecule has 5 nitrogen and oxygen atoms in total. The Kier molecular flexibility index (Phi) is 10.2. The van der Waals surface area contributed by atoms with Crippen molar-refractivity contribution in [2.45, 2.75) is 175 Å². The van der Waals surface area contributed by atoms with Crippen LogP contribution in [0.4, 0.5) is 0 Å². The zero-order chi connectivity index (χ0) is 34.9. The van der Waals surface area contributed by atoms with E-state index in [9.17, 15) is 4.79 Å². The van der Waals surface area contributed by atoms with Crippen LogP contribution in [0.25, 0.3) is 0 Å². The molecular weight excluding hydrogens is 605 g/mol. The van der Waals surface area contributed by atoms with Crippen LogP contribution in [-0.4, -0.2) is 53.1 Å². The minimum Gasteiger partial charge on any atom is -0.458 e. The minimum atomic E-state index is -2.05. The summed E-state index contributed by atoms with van der Waals surface area (Å²) in [5, 5.41) is 0.310. The molecule has 0 amide bonds. The van der Waals surface area contributed by atoms with Crippen molar-refractivity contribution in [2.75, 3.05) is 6.61 Å². The van der Waals surface area contributed by atoms with Crippen LogP contribution in [0.15, 0.2) is 34.9 Å². The Bertz CT molecular complexity index is 1260. The van der Waals surface area contributed by atoms with Gasteiger partial charge in [-0.1, -0.05) is 84.8 Å². The van der Waals surface area contributed by atoms with Gasteiger partial charge in [0.05, 0.1) is 18.3 Å². The van der Waals surface area contributed by atoms with Gasteiger partial charge in [-0.05, 0) is 119 Å². The molecule has 0 heterocycles. The van der Waals surface area contributed by atoms with Gasteiger partial charge >= 0.3 is 5.97 Å². The molecule has 2 fully saturated rings. The Balaban J connectivity index is 1.63. The first-order valence-electron chi connectivity index (χ1n) is 18.0. The van der Waals surface area contributed by atoms with E-state index in [-0.39, 0.29) is 51.8 Å². The van der Waals surface area contributed by atoms with Gasteiger partial charge in [-0.25, -0.2) is 4.79 Å². The van der Waals surface area contributed by atoms with Crippen molar-refractivity contribution < 1.29 is 23.1 Å². The molecule has 0 aromatic rings. The second-order valence-electron chi connectivity index (χ2n) is 19.4. The van der Waals surface area contributed by atoms with Gasteiger partial charge in [-0.3, -0.25) is 0 Å². The quantitative estimate of drug-likeness (QED) is 0.146. The van der Waals surface area contributed by atoms with Crippen LogP contribution >= 0.6 is 0 Å². The second-order valence-corrected chi connectivity index (χ2v) is 29.0. The van der Waals surface area contributed by atoms with E-state index >= 15 is 0 Å². The fourth-order valence-corrected chi connectivity index (χ4v) is 11.1. The molecule has 7 heteroatoms. The van der Waals surface area contributed by atoms with E-state index in [0.717, 1.165) is 32.1 Å². The maximum Gasteiger partial charge on any atom is 0.332 e. The van der Waals surface area contributed by atoms with E-state index < -0.39 is 22.2 Å². The molecule has 7 atom stereocenters. The Morgan fingerprint density at radius 3 is 2.07 bits per heavy atom. The highest BCUT2D eigenvalue weighted by Gasteiger charge is 2.59. The smallest absolute Gasteiger partial charge is 0.332 e. The Morgan fingerprint density at radius 1 is 0.913 bits per heavy atom. The van der Waals surface area contributed by atoms with Gasteiger partial charge in [0.25, 0.3) is 0 Å². The first-order valence-corrected chi connectivity index (χ1v) is 23.9. The largest absolute Gasteiger partial charge is 0.458 e. The summed E-state index contributed by atoms with van der Waals surface area (Å²) in [6.45, 7) is 36.5. The van der Waals surface area contributed by atoms with E-state index in [2.05, 4.69) is 107 Å². The predicted octanol–water partition coefficient (Wildman–Crippen LogP) is 10.5. The van der Waals surface area contributed by atoms with Gasteiger partial charge in [0.2, 0.25) is 0 Å². The van der Waals surface area contributed by atoms with Crippen LogP contribution in [-0.2, 0) is 23.1 Å². The van der Waals surface area contributed by atoms with Crippen molar-refractivity contribution in [1.29, 1.82) is 0 Å². The number of ether oxygens (including phenoxy) is 2. The highest BCUT2D eigenvalue weighted by atomic mass is 28.4. The molecule has 0 spiro atoms. The molecule has 0 aliphatic heterocycles. The van der Waals surface area contributed by atoms with Crippen LogP contribution in [0, 0.1) is 22.7 Å². The molecule has 0 unspecified atom stereocenters. The van der Waals surface area contributed by atoms with Crippen LogP contribution in [0.1, 0.15) is 115 Å². The molecule has 0 saturated heterocycles. The molecule has 2 saturated carbocycles. The molecule has 262 valence electrons. The molecule has 0 bridgehead atoms. The van der Waals surface area contributed by atoms with Crippen LogP contribution in [0.2, 0.25) is 36.3 Å². The summed E-state index contributed by atoms with van der Waals surface area (Å²) in [7, 11) is -3.99. The minimum absolute atomic E-state index is 0.0173. The number of hydrogen-bond acceptors (Lipinski definition) is 5. The summed E-state index contributed by atoms with van der Waals surface area (Å²) in [6.07, 6.45) is 12.8. The molecule has 0 N–H and O–H groups in total. The summed E-state index contributed by atoms with van der Waals surface area (Å²) in [6, 6.07) is 0. The number of rotatable bonds is 8. The van der Waals surface area contributed by atoms with Crippen LogP contribution < -0.4 is 0 Å². The lowest BCUT2D eigenvalue weighted by Crippen LogP contribution is -2.58. The highest BCUT2D eigenvalue weighted by Crippen LogP contribution is 2.65. The summed E-state index contributed by atoms with van der Waals surface area (Å²) in [5.74, 6) is 0.600. The third-order valence-corrected chi connectivity index (χ3v) is 22.1. The number of hydrogen-bond donors (Lipinski definition) is 0. The number of esters is 1. The second kappa shape index (κ2) is 12.4. The average molecular weight is 673 g/mol. The van der Waals surface area contributed by atoms with Crippen LogP contribution in [0.5, 0.6) is 0 Å². The lowest BCUT2D eigenvalue weighted by Gasteiger charge is -2.59. The maximum atomic E-state index is 12.4. The summed E-state index contributed by atoms with van der Waals surface area (Å²) >= 11 is 0. The summed E-state index contributed by atoms with van der Waals surface area (Å²) < 4.78 is 26.3. The van der Waals surface area contributed by atoms with E-state index in [1.165, 1.54) is 11.1 Å². The normalized spacial score (nSPS) is 32.8. The molecule has 4 aliphatic carbocycles. The lowest BCUT2D eigenvalue weighted by atomic mass is 9.49. The summed E-state index contributed by atoms with van der Waals surface area (Å²) in [4.78, 5) is 12.4. The van der Waals surface area contributed by atoms with Crippen molar-refractivity contribution in [2.24, 2.45) is 22.7 Å². The maximum absolute atomic E-state index is 12.4. The van der Waals surface area contributed by atoms with Crippen molar-refractivity contribution in [3.63, 3.8) is 0 Å². The van der Waals surface area contributed by atoms with Crippen molar-refractivity contribution in [1.82, 2.24) is 0 Å². The third-order valence-electron chi connectivity index (χ3n) is 13.1. The first kappa shape index (κ1) is 37.8. The van der Waals surface area contributed by atoms with E-state index in [0.29, 0.717) is 11.8 Å². The lowest BCUT2D eigenvalue weighted by molar-refractivity contribution is -0.161. The SMILES string of the molecule is C[C@H](OCC(=O)OC(C)(C)C)C1=CC[C@H]2C3=CC=C4C[C@@H](O[Si](C)(C)C(C)(C)C)C[C@H](O[Si](C)(C)C(C)(C)C)[C@]4(C)[C@H]3CC[C@]12C. The van der Waals surface area contributed by atoms with E-state index in [4.69, 9.17) is 18.3 Å². The molecular formula is C39H68O5Si2. The van der Waals surface area contributed by atoms with E-state index in [1.807, 2.05) is 20.8 Å². The standard InChI is InChI=1S/C39H68O5Si2/c1-26(41-25-34(40)42-35(2,3)4)30-19-20-31-29-18-17-27-23-28(43-45(13,14)36(5,6)7)24-33(44-46(15,16)37(8,9)10)39(27,12)32(29)21-22-38(30,31)11/h17-19,26,28,31-33H,20-25H2,1-16H3/t26-,28+,31-,32-,33-,38+,39-/m0/s1. The van der Waals surface area contributed by atoms with Crippen molar-refractivity contribution in [3.05, 3.63) is 34.9 Å². The monoisotopic (exact) mass is 672 g/mol. The summed E-state index contributed by atoms with van der Waals surface area (Å²) in [5.41, 5.74) is 3.94. The Morgan fingerprint density at radius 2 is 1.50 bits per heavy atom. The first-order chi connectivity index (χ1) is 20.7. The predicted molar refractivity (Wildman–Crippen MR) is 196 cm³/mol. The number of allylic oxidation sites excluding steroid dienone is 4. The van der Waals surface area contributed by atoms with Crippen LogP contribution in [0.3, 0.4) is 0 Å². The number of carbonyl (C=O) groups excluding carboxylic acids is 1. The van der Waals surface area contributed by atoms with Gasteiger partial charge in [0, 0.05) is 5.41 Å². The molecule has 4 aliphatic rings. The Hall–Kier alpha value is -0.996. The van der Waals surface area contributed by atoms with Gasteiger partial charge in [-0.2, -0.15) is 0 Å². The van der Waals surface area contributed by atoms with Gasteiger partial charge in [0.15, 0.2) is 16.6 Å². The Labute approximate surface area is 284 Å². The molecule has 0 radical (unpaired) electrons. The topological polar surface area (TPSA) is 54.0 Å². The molecule has 0 aromatic heterocycles. The van der Waals surface area contributed by atoms with Gasteiger partial charge < -0.3 is 18.3 Å². The van der Waals surface area contributed by atoms with Gasteiger partial charge in [0.1, 0.15) is 12.2 Å². The van der Waals surface area contributed by atoms with Crippen molar-refractivity contribution >= 4 is 22.6 Å². The third kappa shape index (κ3) is 7.15. The zero-order valence-electron chi connectivity index (χ0n) is 32.4. The fraction of sp³-hybridized carbons (Fsp3) is 0.821. The number of carbonyl (C=O) groups is 1. The highest BCUT2D eigenvalue weighted by molar-refractivity contribution is 6.74. The zero-order valence-corrected chi connectivity index (χ0v) is 34.4. The van der Waals surface area contributed by atoms with E-state index in [1.54, 1.807) is 5.57 Å². The van der Waals surface area contributed by atoms with Gasteiger partial charge in [-0.15, -0.1) is 0 Å². The van der Waals surface area contributed by atoms with Crippen molar-refractivity contribution in [3.8, 4) is 0 Å². The average Bonchev–Trinajstić information content (AvgIpc) is 3.22. The number of fused-ring (bicyclic) bond motifs is 5. The molecule has 0 aromatic carbocycles.